The van der Waals surface area contributed by atoms with E-state index < -0.39 is 0 Å². The van der Waals surface area contributed by atoms with Crippen LogP contribution in [0, 0.1) is 0 Å². The smallest absolute Gasteiger partial charge is 0.0612 e. The Labute approximate surface area is 81.5 Å². The molecule has 0 radical (unpaired) electrons. The van der Waals surface area contributed by atoms with Crippen LogP contribution in [-0.2, 0) is 0 Å². The summed E-state index contributed by atoms with van der Waals surface area (Å²) in [5.74, 6) is 0. The number of allylic oxidation sites excluding steroid dienone is 4. The van der Waals surface area contributed by atoms with Gasteiger partial charge in [0.2, 0.25) is 0 Å². The number of aliphatic hydroxyl groups is 1. The van der Waals surface area contributed by atoms with E-state index in [-0.39, 0.29) is 6.61 Å². The summed E-state index contributed by atoms with van der Waals surface area (Å²) >= 11 is 0. The van der Waals surface area contributed by atoms with Gasteiger partial charge in [-0.25, -0.2) is 0 Å². The van der Waals surface area contributed by atoms with Crippen molar-refractivity contribution in [1.29, 1.82) is 0 Å². The molecule has 13 heavy (non-hydrogen) atoms. The second-order valence-electron chi connectivity index (χ2n) is 2.92. The maximum Gasteiger partial charge on any atom is 0.0612 e. The summed E-state index contributed by atoms with van der Waals surface area (Å²) in [4.78, 5) is 0. The van der Waals surface area contributed by atoms with Crippen LogP contribution in [0.4, 0.5) is 0 Å². The van der Waals surface area contributed by atoms with E-state index in [0.29, 0.717) is 0 Å². The zero-order chi connectivity index (χ0) is 9.78. The summed E-state index contributed by atoms with van der Waals surface area (Å²) in [6.07, 6.45) is 15.7. The van der Waals surface area contributed by atoms with Gasteiger partial charge >= 0.3 is 0 Å². The van der Waals surface area contributed by atoms with Gasteiger partial charge in [0.1, 0.15) is 0 Å². The van der Waals surface area contributed by atoms with Crippen molar-refractivity contribution in [2.75, 3.05) is 6.61 Å². The van der Waals surface area contributed by atoms with Gasteiger partial charge in [0, 0.05) is 0 Å². The van der Waals surface area contributed by atoms with Crippen LogP contribution in [-0.4, -0.2) is 11.7 Å². The van der Waals surface area contributed by atoms with E-state index >= 15 is 0 Å². The van der Waals surface area contributed by atoms with Crippen molar-refractivity contribution in [1.82, 2.24) is 0 Å². The van der Waals surface area contributed by atoms with Crippen molar-refractivity contribution in [2.45, 2.75) is 32.1 Å². The molecule has 0 spiro atoms. The molecule has 1 nitrogen and oxygen atoms in total. The summed E-state index contributed by atoms with van der Waals surface area (Å²) in [7, 11) is 0. The molecule has 0 unspecified atom stereocenters. The first-order chi connectivity index (χ1) is 6.41. The highest BCUT2D eigenvalue weighted by Crippen LogP contribution is 1.99. The molecule has 1 N–H and O–H groups in total. The van der Waals surface area contributed by atoms with Crippen LogP contribution in [0.15, 0.2) is 37.0 Å². The average Bonchev–Trinajstić information content (AvgIpc) is 2.16. The largest absolute Gasteiger partial charge is 0.392 e. The molecule has 0 saturated carbocycles. The van der Waals surface area contributed by atoms with Crippen molar-refractivity contribution < 1.29 is 5.11 Å². The van der Waals surface area contributed by atoms with Crippen molar-refractivity contribution >= 4 is 0 Å². The summed E-state index contributed by atoms with van der Waals surface area (Å²) in [5, 5.41) is 8.45. The van der Waals surface area contributed by atoms with Gasteiger partial charge in [-0.2, -0.15) is 0 Å². The van der Waals surface area contributed by atoms with E-state index in [1.165, 1.54) is 6.42 Å². The Morgan fingerprint density at radius 1 is 0.846 bits per heavy atom. The topological polar surface area (TPSA) is 20.2 Å². The summed E-state index contributed by atoms with van der Waals surface area (Å²) in [6.45, 7) is 3.83. The van der Waals surface area contributed by atoms with Crippen LogP contribution in [0.25, 0.3) is 0 Å². The fourth-order valence-corrected chi connectivity index (χ4v) is 1.00. The van der Waals surface area contributed by atoms with E-state index in [0.717, 1.165) is 25.7 Å². The number of hydrogen-bond donors (Lipinski definition) is 1. The molecule has 0 saturated heterocycles. The molecular weight excluding hydrogens is 160 g/mol. The Balaban J connectivity index is 3.12. The normalized spacial score (nSPS) is 11.5. The standard InChI is InChI=1S/C12H20O/c1-2-3-4-5-6-7-8-9-10-11-12-13/h2,6-7,10-11,13H,1,3-5,8-9,12H2/b7-6+,11-10+. The van der Waals surface area contributed by atoms with Crippen molar-refractivity contribution in [3.05, 3.63) is 37.0 Å². The number of unbranched alkanes of at least 4 members (excludes halogenated alkanes) is 3. The van der Waals surface area contributed by atoms with Gasteiger partial charge in [0.05, 0.1) is 6.61 Å². The molecule has 0 bridgehead atoms. The predicted octanol–water partition coefficient (Wildman–Crippen LogP) is 3.23. The lowest BCUT2D eigenvalue weighted by Crippen LogP contribution is -1.72. The maximum absolute atomic E-state index is 8.45. The average molecular weight is 180 g/mol. The SMILES string of the molecule is C=CCCC/C=C/CC/C=C/CO. The van der Waals surface area contributed by atoms with E-state index in [1.807, 2.05) is 12.2 Å². The van der Waals surface area contributed by atoms with Crippen molar-refractivity contribution in [2.24, 2.45) is 0 Å². The van der Waals surface area contributed by atoms with Gasteiger partial charge in [-0.15, -0.1) is 6.58 Å². The Bertz CT molecular complexity index is 157. The third-order valence-corrected chi connectivity index (χ3v) is 1.72. The molecule has 0 amide bonds. The lowest BCUT2D eigenvalue weighted by atomic mass is 10.2. The Hall–Kier alpha value is -0.820. The second kappa shape index (κ2) is 11.2. The van der Waals surface area contributed by atoms with Gasteiger partial charge in [-0.05, 0) is 32.1 Å². The van der Waals surface area contributed by atoms with Crippen LogP contribution in [0.3, 0.4) is 0 Å². The van der Waals surface area contributed by atoms with Gasteiger partial charge in [0.15, 0.2) is 0 Å². The van der Waals surface area contributed by atoms with Gasteiger partial charge in [-0.3, -0.25) is 0 Å². The second-order valence-corrected chi connectivity index (χ2v) is 2.92. The minimum absolute atomic E-state index is 0.156. The highest BCUT2D eigenvalue weighted by molar-refractivity contribution is 4.88. The molecule has 0 aromatic rings. The quantitative estimate of drug-likeness (QED) is 0.449. The zero-order valence-electron chi connectivity index (χ0n) is 8.28. The monoisotopic (exact) mass is 180 g/mol. The molecule has 0 aliphatic rings. The molecule has 0 fully saturated rings. The fraction of sp³-hybridized carbons (Fsp3) is 0.500. The van der Waals surface area contributed by atoms with Crippen LogP contribution < -0.4 is 0 Å². The molecule has 74 valence electrons. The highest BCUT2D eigenvalue weighted by atomic mass is 16.2. The first-order valence-electron chi connectivity index (χ1n) is 4.93. The van der Waals surface area contributed by atoms with Gasteiger partial charge in [0.25, 0.3) is 0 Å². The van der Waals surface area contributed by atoms with Crippen LogP contribution >= 0.6 is 0 Å². The van der Waals surface area contributed by atoms with Crippen molar-refractivity contribution in [3.63, 3.8) is 0 Å². The van der Waals surface area contributed by atoms with E-state index in [2.05, 4.69) is 18.7 Å². The van der Waals surface area contributed by atoms with E-state index in [9.17, 15) is 0 Å². The Kier molecular flexibility index (Phi) is 10.5. The summed E-state index contributed by atoms with van der Waals surface area (Å²) < 4.78 is 0. The van der Waals surface area contributed by atoms with Crippen LogP contribution in [0.2, 0.25) is 0 Å². The highest BCUT2D eigenvalue weighted by Gasteiger charge is 1.79. The first-order valence-corrected chi connectivity index (χ1v) is 4.93. The zero-order valence-corrected chi connectivity index (χ0v) is 8.28. The Morgan fingerprint density at radius 2 is 1.46 bits per heavy atom. The van der Waals surface area contributed by atoms with E-state index in [4.69, 9.17) is 5.11 Å². The first kappa shape index (κ1) is 12.2. The molecule has 0 aliphatic carbocycles. The van der Waals surface area contributed by atoms with Gasteiger partial charge in [-0.1, -0.05) is 30.4 Å². The Morgan fingerprint density at radius 3 is 2.08 bits per heavy atom. The number of aliphatic hydroxyl groups excluding tert-OH is 1. The van der Waals surface area contributed by atoms with Crippen molar-refractivity contribution in [3.8, 4) is 0 Å². The minimum atomic E-state index is 0.156. The predicted molar refractivity (Wildman–Crippen MR) is 58.6 cm³/mol. The molecule has 0 heterocycles. The molecule has 0 aromatic heterocycles. The van der Waals surface area contributed by atoms with E-state index in [1.54, 1.807) is 6.08 Å². The third kappa shape index (κ3) is 11.2. The fourth-order valence-electron chi connectivity index (χ4n) is 1.00. The lowest BCUT2D eigenvalue weighted by molar-refractivity contribution is 0.342. The third-order valence-electron chi connectivity index (χ3n) is 1.72. The number of hydrogen-bond acceptors (Lipinski definition) is 1. The summed E-state index contributed by atoms with van der Waals surface area (Å²) in [5.41, 5.74) is 0. The van der Waals surface area contributed by atoms with Crippen LogP contribution in [0.5, 0.6) is 0 Å². The van der Waals surface area contributed by atoms with Gasteiger partial charge < -0.3 is 5.11 Å². The minimum Gasteiger partial charge on any atom is -0.392 e. The molecule has 0 aromatic carbocycles. The molecule has 0 atom stereocenters. The maximum atomic E-state index is 8.45. The van der Waals surface area contributed by atoms with Crippen LogP contribution in [0.1, 0.15) is 32.1 Å². The molecule has 1 heteroatoms. The summed E-state index contributed by atoms with van der Waals surface area (Å²) in [6, 6.07) is 0. The molecule has 0 rings (SSSR count). The molecular formula is C12H20O. The molecule has 0 aliphatic heterocycles. The number of rotatable bonds is 8. The lowest BCUT2D eigenvalue weighted by Gasteiger charge is -1.89.